The number of carbonyl (C=O) groups excluding carboxylic acids is 1. The topological polar surface area (TPSA) is 38.8 Å². The van der Waals surface area contributed by atoms with Gasteiger partial charge in [-0.3, -0.25) is 4.79 Å². The second kappa shape index (κ2) is 7.89. The maximum Gasteiger partial charge on any atom is 0.254 e. The predicted octanol–water partition coefficient (Wildman–Crippen LogP) is 4.17. The first kappa shape index (κ1) is 17.8. The molecule has 2 aromatic rings. The monoisotopic (exact) mass is 359 g/mol. The first-order valence-corrected chi connectivity index (χ1v) is 8.81. The smallest absolute Gasteiger partial charge is 0.254 e. The van der Waals surface area contributed by atoms with Crippen LogP contribution in [-0.2, 0) is 11.3 Å². The molecule has 2 atom stereocenters. The number of amides is 1. The number of ether oxygens (including phenoxy) is 2. The third-order valence-corrected chi connectivity index (χ3v) is 4.45. The molecule has 0 unspecified atom stereocenters. The molecule has 1 aliphatic rings. The van der Waals surface area contributed by atoms with Crippen LogP contribution in [0.25, 0.3) is 0 Å². The highest BCUT2D eigenvalue weighted by atomic mass is 35.5. The summed E-state index contributed by atoms with van der Waals surface area (Å²) in [7, 11) is 0. The number of hydrogen-bond acceptors (Lipinski definition) is 3. The van der Waals surface area contributed by atoms with Crippen molar-refractivity contribution in [1.29, 1.82) is 0 Å². The number of morpholine rings is 1. The summed E-state index contributed by atoms with van der Waals surface area (Å²) in [5.74, 6) is 0.696. The summed E-state index contributed by atoms with van der Waals surface area (Å²) in [5.41, 5.74) is 1.67. The second-order valence-corrected chi connectivity index (χ2v) is 6.79. The van der Waals surface area contributed by atoms with E-state index in [0.717, 1.165) is 5.56 Å². The third kappa shape index (κ3) is 4.53. The van der Waals surface area contributed by atoms with Gasteiger partial charge in [0.15, 0.2) is 0 Å². The van der Waals surface area contributed by atoms with E-state index in [2.05, 4.69) is 0 Å². The predicted molar refractivity (Wildman–Crippen MR) is 98.1 cm³/mol. The molecule has 0 N–H and O–H groups in total. The fraction of sp³-hybridized carbons (Fsp3) is 0.350. The number of nitrogens with zero attached hydrogens (tertiary/aromatic N) is 1. The van der Waals surface area contributed by atoms with Crippen molar-refractivity contribution < 1.29 is 14.3 Å². The van der Waals surface area contributed by atoms with E-state index in [1.807, 2.05) is 61.2 Å². The number of para-hydroxylation sites is 1. The Hall–Kier alpha value is -2.04. The summed E-state index contributed by atoms with van der Waals surface area (Å²) in [6.45, 7) is 5.64. The van der Waals surface area contributed by atoms with E-state index in [9.17, 15) is 4.79 Å². The van der Waals surface area contributed by atoms with E-state index >= 15 is 0 Å². The Kier molecular flexibility index (Phi) is 5.61. The summed E-state index contributed by atoms with van der Waals surface area (Å²) in [6, 6.07) is 14.9. The molecule has 0 spiro atoms. The molecule has 3 rings (SSSR count). The first-order chi connectivity index (χ1) is 12.0. The molecule has 1 fully saturated rings. The van der Waals surface area contributed by atoms with Crippen LogP contribution in [0.5, 0.6) is 5.75 Å². The van der Waals surface area contributed by atoms with Gasteiger partial charge >= 0.3 is 0 Å². The quantitative estimate of drug-likeness (QED) is 0.822. The Labute approximate surface area is 153 Å². The lowest BCUT2D eigenvalue weighted by atomic mass is 10.1. The molecule has 1 amide bonds. The number of halogens is 1. The number of hydrogen-bond donors (Lipinski definition) is 0. The first-order valence-electron chi connectivity index (χ1n) is 8.44. The Morgan fingerprint density at radius 3 is 2.40 bits per heavy atom. The van der Waals surface area contributed by atoms with Gasteiger partial charge in [0, 0.05) is 18.7 Å². The fourth-order valence-corrected chi connectivity index (χ4v) is 3.18. The SMILES string of the molecule is C[C@@H]1CN(C(=O)c2ccc(COc3ccccc3Cl)cc2)C[C@@H](C)O1. The van der Waals surface area contributed by atoms with E-state index in [4.69, 9.17) is 21.1 Å². The highest BCUT2D eigenvalue weighted by molar-refractivity contribution is 6.32. The largest absolute Gasteiger partial charge is 0.487 e. The normalized spacial score (nSPS) is 20.4. The van der Waals surface area contributed by atoms with E-state index in [0.29, 0.717) is 36.0 Å². The molecule has 0 radical (unpaired) electrons. The van der Waals surface area contributed by atoms with Crippen LogP contribution >= 0.6 is 11.6 Å². The Balaban J connectivity index is 1.62. The van der Waals surface area contributed by atoms with Gasteiger partial charge in [-0.2, -0.15) is 0 Å². The zero-order chi connectivity index (χ0) is 17.8. The lowest BCUT2D eigenvalue weighted by Crippen LogP contribution is -2.48. The average molecular weight is 360 g/mol. The van der Waals surface area contributed by atoms with Crippen LogP contribution in [0.4, 0.5) is 0 Å². The average Bonchev–Trinajstić information content (AvgIpc) is 2.60. The van der Waals surface area contributed by atoms with Gasteiger partial charge in [0.25, 0.3) is 5.91 Å². The van der Waals surface area contributed by atoms with Crippen molar-refractivity contribution in [2.45, 2.75) is 32.7 Å². The molecule has 4 nitrogen and oxygen atoms in total. The molecule has 132 valence electrons. The molecule has 0 aromatic heterocycles. The minimum absolute atomic E-state index is 0.0422. The molecule has 1 aliphatic heterocycles. The number of carbonyl (C=O) groups is 1. The second-order valence-electron chi connectivity index (χ2n) is 6.38. The molecule has 5 heteroatoms. The Bertz CT molecular complexity index is 722. The van der Waals surface area contributed by atoms with Gasteiger partial charge in [0.05, 0.1) is 17.2 Å². The number of rotatable bonds is 4. The molecule has 0 saturated carbocycles. The lowest BCUT2D eigenvalue weighted by Gasteiger charge is -2.35. The molecule has 1 heterocycles. The van der Waals surface area contributed by atoms with Gasteiger partial charge in [0.2, 0.25) is 0 Å². The standard InChI is InChI=1S/C20H22ClNO3/c1-14-11-22(12-15(2)25-14)20(23)17-9-7-16(8-10-17)13-24-19-6-4-3-5-18(19)21/h3-10,14-15H,11-13H2,1-2H3/t14-,15-/m1/s1. The van der Waals surface area contributed by atoms with Crippen molar-refractivity contribution in [3.63, 3.8) is 0 Å². The molecule has 0 aliphatic carbocycles. The third-order valence-electron chi connectivity index (χ3n) is 4.14. The Morgan fingerprint density at radius 2 is 1.76 bits per heavy atom. The van der Waals surface area contributed by atoms with Crippen molar-refractivity contribution in [3.05, 3.63) is 64.7 Å². The van der Waals surface area contributed by atoms with Gasteiger partial charge < -0.3 is 14.4 Å². The molecular weight excluding hydrogens is 338 g/mol. The lowest BCUT2D eigenvalue weighted by molar-refractivity contribution is -0.0586. The number of benzene rings is 2. The zero-order valence-electron chi connectivity index (χ0n) is 14.4. The minimum atomic E-state index is 0.0422. The summed E-state index contributed by atoms with van der Waals surface area (Å²) in [5, 5.41) is 0.588. The van der Waals surface area contributed by atoms with Crippen LogP contribution in [0.15, 0.2) is 48.5 Å². The maximum absolute atomic E-state index is 12.6. The minimum Gasteiger partial charge on any atom is -0.487 e. The molecule has 1 saturated heterocycles. The van der Waals surface area contributed by atoms with Crippen LogP contribution < -0.4 is 4.74 Å². The fourth-order valence-electron chi connectivity index (χ4n) is 2.99. The van der Waals surface area contributed by atoms with Crippen LogP contribution in [-0.4, -0.2) is 36.1 Å². The highest BCUT2D eigenvalue weighted by Crippen LogP contribution is 2.24. The Morgan fingerprint density at radius 1 is 1.12 bits per heavy atom. The van der Waals surface area contributed by atoms with Crippen LogP contribution in [0.3, 0.4) is 0 Å². The summed E-state index contributed by atoms with van der Waals surface area (Å²) >= 11 is 6.08. The van der Waals surface area contributed by atoms with E-state index in [1.165, 1.54) is 0 Å². The van der Waals surface area contributed by atoms with Crippen LogP contribution in [0.1, 0.15) is 29.8 Å². The molecular formula is C20H22ClNO3. The van der Waals surface area contributed by atoms with E-state index in [-0.39, 0.29) is 18.1 Å². The summed E-state index contributed by atoms with van der Waals surface area (Å²) in [6.07, 6.45) is 0.131. The van der Waals surface area contributed by atoms with Gasteiger partial charge in [-0.15, -0.1) is 0 Å². The van der Waals surface area contributed by atoms with Crippen molar-refractivity contribution in [1.82, 2.24) is 4.90 Å². The van der Waals surface area contributed by atoms with Crippen molar-refractivity contribution in [2.75, 3.05) is 13.1 Å². The van der Waals surface area contributed by atoms with E-state index in [1.54, 1.807) is 6.07 Å². The molecule has 0 bridgehead atoms. The van der Waals surface area contributed by atoms with Gasteiger partial charge in [-0.25, -0.2) is 0 Å². The summed E-state index contributed by atoms with van der Waals surface area (Å²) < 4.78 is 11.4. The van der Waals surface area contributed by atoms with Crippen LogP contribution in [0, 0.1) is 0 Å². The van der Waals surface area contributed by atoms with E-state index < -0.39 is 0 Å². The highest BCUT2D eigenvalue weighted by Gasteiger charge is 2.26. The molecule has 25 heavy (non-hydrogen) atoms. The van der Waals surface area contributed by atoms with Crippen LogP contribution in [0.2, 0.25) is 5.02 Å². The molecule has 2 aromatic carbocycles. The van der Waals surface area contributed by atoms with Gasteiger partial charge in [0.1, 0.15) is 12.4 Å². The summed E-state index contributed by atoms with van der Waals surface area (Å²) in [4.78, 5) is 14.5. The van der Waals surface area contributed by atoms with Gasteiger partial charge in [-0.05, 0) is 43.7 Å². The van der Waals surface area contributed by atoms with Gasteiger partial charge in [-0.1, -0.05) is 35.9 Å². The van der Waals surface area contributed by atoms with Crippen molar-refractivity contribution in [2.24, 2.45) is 0 Å². The zero-order valence-corrected chi connectivity index (χ0v) is 15.2. The van der Waals surface area contributed by atoms with Crippen molar-refractivity contribution >= 4 is 17.5 Å². The maximum atomic E-state index is 12.6. The van der Waals surface area contributed by atoms with Crippen molar-refractivity contribution in [3.8, 4) is 5.75 Å².